The minimum absolute atomic E-state index is 0.302. The van der Waals surface area contributed by atoms with Gasteiger partial charge >= 0.3 is 0 Å². The molecule has 1 aliphatic heterocycles. The lowest BCUT2D eigenvalue weighted by Gasteiger charge is -2.41. The van der Waals surface area contributed by atoms with Crippen molar-refractivity contribution in [1.29, 1.82) is 0 Å². The van der Waals surface area contributed by atoms with Crippen LogP contribution >= 0.6 is 0 Å². The average molecular weight is 219 g/mol. The van der Waals surface area contributed by atoms with Gasteiger partial charge in [-0.3, -0.25) is 4.79 Å². The Hall–Kier alpha value is -0.690. The van der Waals surface area contributed by atoms with Crippen molar-refractivity contribution >= 4 is 5.91 Å². The lowest BCUT2D eigenvalue weighted by molar-refractivity contribution is -0.190. The normalized spacial score (nSPS) is 41.3. The van der Waals surface area contributed by atoms with E-state index in [4.69, 9.17) is 9.84 Å². The smallest absolute Gasteiger partial charge is 0.217 e. The maximum absolute atomic E-state index is 10.9. The van der Waals surface area contributed by atoms with Gasteiger partial charge in [-0.2, -0.15) is 0 Å². The number of carbonyl (C=O) groups excluding carboxylic acids is 1. The molecule has 6 heteroatoms. The van der Waals surface area contributed by atoms with Gasteiger partial charge in [0.25, 0.3) is 0 Å². The highest BCUT2D eigenvalue weighted by atomic mass is 16.5. The predicted octanol–water partition coefficient (Wildman–Crippen LogP) is -2.01. The molecule has 0 radical (unpaired) electrons. The van der Waals surface area contributed by atoms with E-state index in [9.17, 15) is 15.0 Å². The van der Waals surface area contributed by atoms with Crippen LogP contribution in [0.25, 0.3) is 0 Å². The fourth-order valence-corrected chi connectivity index (χ4v) is 1.74. The van der Waals surface area contributed by atoms with Crippen molar-refractivity contribution in [3.05, 3.63) is 0 Å². The van der Waals surface area contributed by atoms with Gasteiger partial charge in [0.15, 0.2) is 0 Å². The molecule has 0 aliphatic carbocycles. The van der Waals surface area contributed by atoms with Gasteiger partial charge in [0.1, 0.15) is 18.3 Å². The molecule has 4 N–H and O–H groups in total. The molecule has 0 aromatic rings. The monoisotopic (exact) mass is 219 g/mol. The summed E-state index contributed by atoms with van der Waals surface area (Å²) in [5.74, 6) is -0.302. The van der Waals surface area contributed by atoms with E-state index in [2.05, 4.69) is 5.32 Å². The van der Waals surface area contributed by atoms with Crippen LogP contribution < -0.4 is 5.32 Å². The van der Waals surface area contributed by atoms with E-state index < -0.39 is 30.5 Å². The highest BCUT2D eigenvalue weighted by molar-refractivity contribution is 5.73. The number of hydrogen-bond donors (Lipinski definition) is 4. The molecule has 1 rings (SSSR count). The van der Waals surface area contributed by atoms with Crippen LogP contribution in [0.2, 0.25) is 0 Å². The molecular weight excluding hydrogens is 202 g/mol. The van der Waals surface area contributed by atoms with E-state index in [1.807, 2.05) is 0 Å². The van der Waals surface area contributed by atoms with Crippen LogP contribution in [0.3, 0.4) is 0 Å². The van der Waals surface area contributed by atoms with Gasteiger partial charge in [0.05, 0.1) is 18.8 Å². The molecular formula is C9H17NO5. The van der Waals surface area contributed by atoms with E-state index in [-0.39, 0.29) is 12.5 Å². The first-order valence-electron chi connectivity index (χ1n) is 4.87. The Morgan fingerprint density at radius 3 is 2.47 bits per heavy atom. The van der Waals surface area contributed by atoms with E-state index in [1.54, 1.807) is 6.92 Å². The van der Waals surface area contributed by atoms with Crippen molar-refractivity contribution in [3.63, 3.8) is 0 Å². The van der Waals surface area contributed by atoms with Crippen molar-refractivity contribution in [2.24, 2.45) is 0 Å². The summed E-state index contributed by atoms with van der Waals surface area (Å²) in [5, 5.41) is 30.6. The van der Waals surface area contributed by atoms with E-state index >= 15 is 0 Å². The summed E-state index contributed by atoms with van der Waals surface area (Å²) >= 11 is 0. The second kappa shape index (κ2) is 4.89. The fourth-order valence-electron chi connectivity index (χ4n) is 1.74. The molecule has 0 spiro atoms. The molecule has 5 atom stereocenters. The minimum Gasteiger partial charge on any atom is -0.394 e. The zero-order valence-corrected chi connectivity index (χ0v) is 8.75. The van der Waals surface area contributed by atoms with Crippen molar-refractivity contribution in [3.8, 4) is 0 Å². The summed E-state index contributed by atoms with van der Waals surface area (Å²) in [6.45, 7) is 2.62. The van der Waals surface area contributed by atoms with E-state index in [0.717, 1.165) is 0 Å². The molecule has 6 nitrogen and oxygen atoms in total. The lowest BCUT2D eigenvalue weighted by atomic mass is 9.93. The Balaban J connectivity index is 2.70. The van der Waals surface area contributed by atoms with Gasteiger partial charge < -0.3 is 25.4 Å². The van der Waals surface area contributed by atoms with Gasteiger partial charge in [-0.1, -0.05) is 0 Å². The molecule has 1 saturated heterocycles. The Labute approximate surface area is 87.9 Å². The maximum Gasteiger partial charge on any atom is 0.217 e. The van der Waals surface area contributed by atoms with Crippen LogP contribution in [0, 0.1) is 0 Å². The summed E-state index contributed by atoms with van der Waals surface area (Å²) in [5.41, 5.74) is 0. The van der Waals surface area contributed by atoms with E-state index in [1.165, 1.54) is 6.92 Å². The number of aliphatic hydroxyl groups is 3. The first-order valence-corrected chi connectivity index (χ1v) is 4.87. The van der Waals surface area contributed by atoms with Crippen molar-refractivity contribution in [2.75, 3.05) is 6.61 Å². The number of aliphatic hydroxyl groups excluding tert-OH is 3. The SMILES string of the molecule is CC(=O)NC1C(O)[C@H](O)C(CO)O[C@H]1C. The molecule has 88 valence electrons. The number of amides is 1. The zero-order valence-electron chi connectivity index (χ0n) is 8.75. The summed E-state index contributed by atoms with van der Waals surface area (Å²) in [4.78, 5) is 10.9. The summed E-state index contributed by atoms with van der Waals surface area (Å²) < 4.78 is 5.26. The lowest BCUT2D eigenvalue weighted by Crippen LogP contribution is -2.63. The van der Waals surface area contributed by atoms with Crippen LogP contribution in [0.1, 0.15) is 13.8 Å². The van der Waals surface area contributed by atoms with Gasteiger partial charge in [-0.05, 0) is 6.92 Å². The third-order valence-corrected chi connectivity index (χ3v) is 2.54. The molecule has 0 aromatic heterocycles. The quantitative estimate of drug-likeness (QED) is 0.430. The number of carbonyl (C=O) groups is 1. The summed E-state index contributed by atoms with van der Waals surface area (Å²) in [6.07, 6.45) is -3.58. The molecule has 0 saturated carbocycles. The molecule has 1 aliphatic rings. The molecule has 3 unspecified atom stereocenters. The highest BCUT2D eigenvalue weighted by Crippen LogP contribution is 2.20. The highest BCUT2D eigenvalue weighted by Gasteiger charge is 2.42. The maximum atomic E-state index is 10.9. The van der Waals surface area contributed by atoms with Gasteiger partial charge in [0, 0.05) is 6.92 Å². The molecule has 0 bridgehead atoms. The largest absolute Gasteiger partial charge is 0.394 e. The first kappa shape index (κ1) is 12.4. The minimum atomic E-state index is -1.19. The predicted molar refractivity (Wildman–Crippen MR) is 51.0 cm³/mol. The molecule has 15 heavy (non-hydrogen) atoms. The average Bonchev–Trinajstić information content (AvgIpc) is 2.18. The van der Waals surface area contributed by atoms with Crippen LogP contribution in [0.5, 0.6) is 0 Å². The number of ether oxygens (including phenoxy) is 1. The second-order valence-corrected chi connectivity index (χ2v) is 3.77. The number of rotatable bonds is 2. The van der Waals surface area contributed by atoms with Gasteiger partial charge in [0.2, 0.25) is 5.91 Å². The topological polar surface area (TPSA) is 99.0 Å². The first-order chi connectivity index (χ1) is 6.97. The Morgan fingerprint density at radius 1 is 1.40 bits per heavy atom. The van der Waals surface area contributed by atoms with Crippen LogP contribution in [-0.2, 0) is 9.53 Å². The Kier molecular flexibility index (Phi) is 4.04. The van der Waals surface area contributed by atoms with Crippen molar-refractivity contribution in [1.82, 2.24) is 5.32 Å². The third kappa shape index (κ3) is 2.66. The molecule has 1 heterocycles. The van der Waals surface area contributed by atoms with Crippen LogP contribution in [-0.4, -0.2) is 58.3 Å². The number of nitrogens with one attached hydrogen (secondary N) is 1. The van der Waals surface area contributed by atoms with Crippen molar-refractivity contribution in [2.45, 2.75) is 44.3 Å². The standard InChI is InChI=1S/C9H17NO5/c1-4-7(10-5(2)12)9(14)8(13)6(3-11)15-4/h4,6-9,11,13-14H,3H2,1-2H3,(H,10,12)/t4-,6?,7?,8+,9?/m0/s1. The van der Waals surface area contributed by atoms with Crippen molar-refractivity contribution < 1.29 is 24.9 Å². The fraction of sp³-hybridized carbons (Fsp3) is 0.889. The summed E-state index contributed by atoms with van der Waals surface area (Å²) in [6, 6.07) is -0.653. The Morgan fingerprint density at radius 2 is 2.00 bits per heavy atom. The van der Waals surface area contributed by atoms with E-state index in [0.29, 0.717) is 0 Å². The molecule has 0 aromatic carbocycles. The Bertz CT molecular complexity index is 235. The number of hydrogen-bond acceptors (Lipinski definition) is 5. The van der Waals surface area contributed by atoms with Crippen LogP contribution in [0.15, 0.2) is 0 Å². The van der Waals surface area contributed by atoms with Crippen LogP contribution in [0.4, 0.5) is 0 Å². The van der Waals surface area contributed by atoms with Gasteiger partial charge in [-0.15, -0.1) is 0 Å². The zero-order chi connectivity index (χ0) is 11.6. The molecule has 1 fully saturated rings. The van der Waals surface area contributed by atoms with Gasteiger partial charge in [-0.25, -0.2) is 0 Å². The third-order valence-electron chi connectivity index (χ3n) is 2.54. The molecule has 1 amide bonds. The summed E-state index contributed by atoms with van der Waals surface area (Å²) in [7, 11) is 0. The second-order valence-electron chi connectivity index (χ2n) is 3.77.